The summed E-state index contributed by atoms with van der Waals surface area (Å²) in [5.41, 5.74) is 1.18. The molecular formula is C16H24N2O2S. The molecule has 4 nitrogen and oxygen atoms in total. The van der Waals surface area contributed by atoms with Crippen molar-refractivity contribution in [2.24, 2.45) is 11.8 Å². The second-order valence-electron chi connectivity index (χ2n) is 6.45. The van der Waals surface area contributed by atoms with Gasteiger partial charge in [-0.05, 0) is 61.8 Å². The van der Waals surface area contributed by atoms with Gasteiger partial charge in [0.05, 0.1) is 4.90 Å². The van der Waals surface area contributed by atoms with Gasteiger partial charge in [0, 0.05) is 12.6 Å². The summed E-state index contributed by atoms with van der Waals surface area (Å²) >= 11 is 0. The molecule has 0 aliphatic heterocycles. The molecular weight excluding hydrogens is 284 g/mol. The molecule has 2 saturated carbocycles. The molecule has 0 saturated heterocycles. The van der Waals surface area contributed by atoms with Crippen LogP contribution in [0.5, 0.6) is 0 Å². The van der Waals surface area contributed by atoms with Crippen LogP contribution >= 0.6 is 0 Å². The molecule has 2 fully saturated rings. The fourth-order valence-electron chi connectivity index (χ4n) is 2.53. The smallest absolute Gasteiger partial charge is 0.240 e. The van der Waals surface area contributed by atoms with Crippen LogP contribution in [0.25, 0.3) is 0 Å². The summed E-state index contributed by atoms with van der Waals surface area (Å²) in [6.45, 7) is 3.69. The van der Waals surface area contributed by atoms with Gasteiger partial charge >= 0.3 is 0 Å². The molecule has 0 aromatic heterocycles. The largest absolute Gasteiger partial charge is 0.314 e. The van der Waals surface area contributed by atoms with Crippen molar-refractivity contribution in [3.63, 3.8) is 0 Å². The number of rotatable bonds is 8. The van der Waals surface area contributed by atoms with Gasteiger partial charge in [-0.3, -0.25) is 0 Å². The zero-order chi connectivity index (χ0) is 14.9. The van der Waals surface area contributed by atoms with Crippen LogP contribution in [0.3, 0.4) is 0 Å². The maximum absolute atomic E-state index is 12.2. The summed E-state index contributed by atoms with van der Waals surface area (Å²) in [6.07, 6.45) is 4.67. The Hall–Kier alpha value is -0.910. The maximum atomic E-state index is 12.2. The molecule has 5 heteroatoms. The van der Waals surface area contributed by atoms with Gasteiger partial charge in [-0.25, -0.2) is 13.1 Å². The highest BCUT2D eigenvalue weighted by atomic mass is 32.2. The molecule has 3 rings (SSSR count). The molecule has 2 aliphatic carbocycles. The van der Waals surface area contributed by atoms with E-state index in [1.54, 1.807) is 12.1 Å². The van der Waals surface area contributed by atoms with Crippen LogP contribution in [0, 0.1) is 11.8 Å². The first-order valence-electron chi connectivity index (χ1n) is 7.86. The molecule has 1 aromatic carbocycles. The fraction of sp³-hybridized carbons (Fsp3) is 0.625. The second-order valence-corrected chi connectivity index (χ2v) is 8.21. The second kappa shape index (κ2) is 6.07. The van der Waals surface area contributed by atoms with Crippen molar-refractivity contribution in [3.05, 3.63) is 29.8 Å². The minimum Gasteiger partial charge on any atom is -0.314 e. The zero-order valence-electron chi connectivity index (χ0n) is 12.5. The third-order valence-electron chi connectivity index (χ3n) is 4.47. The summed E-state index contributed by atoms with van der Waals surface area (Å²) in [5.74, 6) is 1.18. The first-order valence-corrected chi connectivity index (χ1v) is 9.35. The van der Waals surface area contributed by atoms with Crippen LogP contribution in [-0.2, 0) is 16.4 Å². The van der Waals surface area contributed by atoms with Crippen LogP contribution in [0.4, 0.5) is 0 Å². The lowest BCUT2D eigenvalue weighted by atomic mass is 10.1. The van der Waals surface area contributed by atoms with Crippen molar-refractivity contribution in [1.29, 1.82) is 0 Å². The highest BCUT2D eigenvalue weighted by Crippen LogP contribution is 2.37. The summed E-state index contributed by atoms with van der Waals surface area (Å²) < 4.78 is 27.1. The van der Waals surface area contributed by atoms with E-state index in [0.717, 1.165) is 25.4 Å². The maximum Gasteiger partial charge on any atom is 0.240 e. The van der Waals surface area contributed by atoms with Crippen molar-refractivity contribution >= 4 is 10.0 Å². The number of sulfonamides is 1. The SMILES string of the molecule is CC1CC1CNS(=O)(=O)c1ccc(CCNC2CC2)cc1. The molecule has 0 radical (unpaired) electrons. The summed E-state index contributed by atoms with van der Waals surface area (Å²) in [5, 5.41) is 3.46. The number of benzene rings is 1. The monoisotopic (exact) mass is 308 g/mol. The third-order valence-corrected chi connectivity index (χ3v) is 5.91. The molecule has 2 aliphatic rings. The van der Waals surface area contributed by atoms with Gasteiger partial charge in [-0.2, -0.15) is 0 Å². The minimum absolute atomic E-state index is 0.370. The lowest BCUT2D eigenvalue weighted by molar-refractivity contribution is 0.574. The molecule has 0 bridgehead atoms. The standard InChI is InChI=1S/C16H24N2O2S/c1-12-10-14(12)11-18-21(19,20)16-6-2-13(3-7-16)8-9-17-15-4-5-15/h2-3,6-7,12,14-15,17-18H,4-5,8-11H2,1H3. The Bertz CT molecular complexity index is 579. The Morgan fingerprint density at radius 2 is 1.86 bits per heavy atom. The molecule has 2 unspecified atom stereocenters. The van der Waals surface area contributed by atoms with Gasteiger partial charge in [0.2, 0.25) is 10.0 Å². The molecule has 21 heavy (non-hydrogen) atoms. The average molecular weight is 308 g/mol. The zero-order valence-corrected chi connectivity index (χ0v) is 13.3. The molecule has 2 atom stereocenters. The van der Waals surface area contributed by atoms with Crippen LogP contribution in [0.1, 0.15) is 31.7 Å². The number of hydrogen-bond acceptors (Lipinski definition) is 3. The van der Waals surface area contributed by atoms with Gasteiger partial charge in [0.15, 0.2) is 0 Å². The van der Waals surface area contributed by atoms with Crippen molar-refractivity contribution in [3.8, 4) is 0 Å². The highest BCUT2D eigenvalue weighted by Gasteiger charge is 2.33. The number of nitrogens with one attached hydrogen (secondary N) is 2. The van der Waals surface area contributed by atoms with Gasteiger partial charge in [-0.1, -0.05) is 19.1 Å². The predicted molar refractivity (Wildman–Crippen MR) is 83.6 cm³/mol. The Morgan fingerprint density at radius 3 is 2.43 bits per heavy atom. The molecule has 116 valence electrons. The molecule has 0 heterocycles. The topological polar surface area (TPSA) is 58.2 Å². The van der Waals surface area contributed by atoms with Crippen LogP contribution in [0.2, 0.25) is 0 Å². The van der Waals surface area contributed by atoms with E-state index >= 15 is 0 Å². The molecule has 0 amide bonds. The lowest BCUT2D eigenvalue weighted by Gasteiger charge is -2.08. The van der Waals surface area contributed by atoms with Crippen LogP contribution < -0.4 is 10.0 Å². The number of hydrogen-bond donors (Lipinski definition) is 2. The minimum atomic E-state index is -3.35. The Labute approximate surface area is 127 Å². The normalized spacial score (nSPS) is 25.0. The Morgan fingerprint density at radius 1 is 1.19 bits per heavy atom. The van der Waals surface area contributed by atoms with E-state index in [1.807, 2.05) is 12.1 Å². The first-order chi connectivity index (χ1) is 10.0. The summed E-state index contributed by atoms with van der Waals surface area (Å²) in [7, 11) is -3.35. The Kier molecular flexibility index (Phi) is 4.33. The van der Waals surface area contributed by atoms with Crippen molar-refractivity contribution < 1.29 is 8.42 Å². The van der Waals surface area contributed by atoms with Crippen molar-refractivity contribution in [1.82, 2.24) is 10.0 Å². The van der Waals surface area contributed by atoms with Gasteiger partial charge in [0.1, 0.15) is 0 Å². The van der Waals surface area contributed by atoms with E-state index in [0.29, 0.717) is 23.3 Å². The van der Waals surface area contributed by atoms with Crippen LogP contribution in [0.15, 0.2) is 29.2 Å². The lowest BCUT2D eigenvalue weighted by Crippen LogP contribution is -2.26. The summed E-state index contributed by atoms with van der Waals surface area (Å²) in [6, 6.07) is 7.99. The third kappa shape index (κ3) is 4.28. The molecule has 2 N–H and O–H groups in total. The van der Waals surface area contributed by atoms with Crippen molar-refractivity contribution in [2.45, 2.75) is 43.5 Å². The van der Waals surface area contributed by atoms with E-state index in [1.165, 1.54) is 18.4 Å². The average Bonchev–Trinajstić information content (AvgIpc) is 3.36. The van der Waals surface area contributed by atoms with E-state index in [4.69, 9.17) is 0 Å². The van der Waals surface area contributed by atoms with Gasteiger partial charge < -0.3 is 5.32 Å². The molecule has 0 spiro atoms. The highest BCUT2D eigenvalue weighted by molar-refractivity contribution is 7.89. The quantitative estimate of drug-likeness (QED) is 0.771. The predicted octanol–water partition coefficient (Wildman–Crippen LogP) is 1.92. The van der Waals surface area contributed by atoms with E-state index in [9.17, 15) is 8.42 Å². The van der Waals surface area contributed by atoms with Crippen molar-refractivity contribution in [2.75, 3.05) is 13.1 Å². The first kappa shape index (κ1) is 15.0. The van der Waals surface area contributed by atoms with E-state index < -0.39 is 10.0 Å². The summed E-state index contributed by atoms with van der Waals surface area (Å²) in [4.78, 5) is 0.370. The van der Waals surface area contributed by atoms with Gasteiger partial charge in [0.25, 0.3) is 0 Å². The van der Waals surface area contributed by atoms with Crippen LogP contribution in [-0.4, -0.2) is 27.5 Å². The van der Waals surface area contributed by atoms with E-state index in [2.05, 4.69) is 17.0 Å². The van der Waals surface area contributed by atoms with E-state index in [-0.39, 0.29) is 0 Å². The van der Waals surface area contributed by atoms with Gasteiger partial charge in [-0.15, -0.1) is 0 Å². The Balaban J connectivity index is 1.51. The molecule has 1 aromatic rings. The fourth-order valence-corrected chi connectivity index (χ4v) is 3.62.